The number of nitrogens with one attached hydrogen (secondary N) is 2. The van der Waals surface area contributed by atoms with Gasteiger partial charge in [-0.1, -0.05) is 0 Å². The van der Waals surface area contributed by atoms with E-state index in [1.807, 2.05) is 12.3 Å². The van der Waals surface area contributed by atoms with Crippen LogP contribution in [0.3, 0.4) is 0 Å². The summed E-state index contributed by atoms with van der Waals surface area (Å²) in [7, 11) is 0. The summed E-state index contributed by atoms with van der Waals surface area (Å²) in [6, 6.07) is 9.39. The summed E-state index contributed by atoms with van der Waals surface area (Å²) in [6.45, 7) is 2.76. The van der Waals surface area contributed by atoms with Crippen molar-refractivity contribution in [2.45, 2.75) is 19.4 Å². The molecule has 0 spiro atoms. The molecule has 2 aliphatic rings. The Hall–Kier alpha value is -2.60. The van der Waals surface area contributed by atoms with Gasteiger partial charge in [0.25, 0.3) is 5.91 Å². The van der Waals surface area contributed by atoms with Gasteiger partial charge in [0, 0.05) is 29.9 Å². The number of ketones is 1. The number of carbonyl (C=O) groups is 2. The number of fused-ring (bicyclic) bond motifs is 1. The molecule has 0 aliphatic carbocycles. The van der Waals surface area contributed by atoms with Crippen LogP contribution in [-0.4, -0.2) is 41.3 Å². The fourth-order valence-electron chi connectivity index (χ4n) is 3.53. The third-order valence-corrected chi connectivity index (χ3v) is 4.91. The van der Waals surface area contributed by atoms with E-state index in [9.17, 15) is 9.59 Å². The third kappa shape index (κ3) is 3.44. The van der Waals surface area contributed by atoms with Crippen LogP contribution >= 0.6 is 0 Å². The SMILES string of the molecule is O=C1COc2ccc(C(=O)C3CCN(Cc4ccc[nH]4)CC3)cc2N1. The van der Waals surface area contributed by atoms with Crippen molar-refractivity contribution >= 4 is 17.4 Å². The molecule has 0 atom stereocenters. The highest BCUT2D eigenvalue weighted by Crippen LogP contribution is 2.31. The second-order valence-corrected chi connectivity index (χ2v) is 6.66. The van der Waals surface area contributed by atoms with Crippen LogP contribution < -0.4 is 10.1 Å². The number of rotatable bonds is 4. The Bertz CT molecular complexity index is 777. The van der Waals surface area contributed by atoms with Gasteiger partial charge in [0.15, 0.2) is 12.4 Å². The number of hydrogen-bond acceptors (Lipinski definition) is 4. The van der Waals surface area contributed by atoms with Crippen LogP contribution in [-0.2, 0) is 11.3 Å². The van der Waals surface area contributed by atoms with Gasteiger partial charge in [0.1, 0.15) is 5.75 Å². The first-order chi connectivity index (χ1) is 12.2. The van der Waals surface area contributed by atoms with E-state index in [-0.39, 0.29) is 24.2 Å². The summed E-state index contributed by atoms with van der Waals surface area (Å²) in [5, 5.41) is 2.76. The number of ether oxygens (including phenoxy) is 1. The first-order valence-electron chi connectivity index (χ1n) is 8.64. The second kappa shape index (κ2) is 6.72. The first kappa shape index (κ1) is 15.9. The van der Waals surface area contributed by atoms with E-state index < -0.39 is 0 Å². The molecule has 2 aliphatic heterocycles. The van der Waals surface area contributed by atoms with Gasteiger partial charge in [-0.2, -0.15) is 0 Å². The van der Waals surface area contributed by atoms with Crippen LogP contribution in [0.2, 0.25) is 0 Å². The number of Topliss-reactive ketones (excluding diaryl/α,β-unsaturated/α-hetero) is 1. The van der Waals surface area contributed by atoms with Crippen LogP contribution in [0.5, 0.6) is 5.75 Å². The fraction of sp³-hybridized carbons (Fsp3) is 0.368. The average Bonchev–Trinajstić information content (AvgIpc) is 3.14. The number of benzene rings is 1. The number of likely N-dealkylation sites (tertiary alicyclic amines) is 1. The van der Waals surface area contributed by atoms with Gasteiger partial charge in [0.05, 0.1) is 5.69 Å². The van der Waals surface area contributed by atoms with E-state index in [2.05, 4.69) is 21.3 Å². The zero-order chi connectivity index (χ0) is 17.2. The molecule has 1 saturated heterocycles. The van der Waals surface area contributed by atoms with E-state index in [0.717, 1.165) is 32.5 Å². The Morgan fingerprint density at radius 3 is 2.84 bits per heavy atom. The lowest BCUT2D eigenvalue weighted by Crippen LogP contribution is -2.36. The van der Waals surface area contributed by atoms with E-state index in [0.29, 0.717) is 17.0 Å². The summed E-state index contributed by atoms with van der Waals surface area (Å²) >= 11 is 0. The summed E-state index contributed by atoms with van der Waals surface area (Å²) in [5.74, 6) is 0.631. The molecule has 1 amide bonds. The standard InChI is InChI=1S/C19H21N3O3/c23-18-12-25-17-4-3-14(10-16(17)21-18)19(24)13-5-8-22(9-6-13)11-15-2-1-7-20-15/h1-4,7,10,13,20H,5-6,8-9,11-12H2,(H,21,23). The summed E-state index contributed by atoms with van der Waals surface area (Å²) < 4.78 is 5.35. The van der Waals surface area contributed by atoms with Crippen molar-refractivity contribution in [3.63, 3.8) is 0 Å². The minimum absolute atomic E-state index is 0.0273. The predicted octanol–water partition coefficient (Wildman–Crippen LogP) is 2.44. The van der Waals surface area contributed by atoms with Crippen molar-refractivity contribution in [1.82, 2.24) is 9.88 Å². The minimum atomic E-state index is -0.185. The topological polar surface area (TPSA) is 74.4 Å². The van der Waals surface area contributed by atoms with Crippen LogP contribution in [0.4, 0.5) is 5.69 Å². The lowest BCUT2D eigenvalue weighted by molar-refractivity contribution is -0.118. The molecule has 1 fully saturated rings. The smallest absolute Gasteiger partial charge is 0.262 e. The van der Waals surface area contributed by atoms with Gasteiger partial charge < -0.3 is 15.0 Å². The number of aromatic nitrogens is 1. The van der Waals surface area contributed by atoms with Crippen molar-refractivity contribution in [2.75, 3.05) is 25.0 Å². The second-order valence-electron chi connectivity index (χ2n) is 6.66. The lowest BCUT2D eigenvalue weighted by atomic mass is 9.88. The molecule has 6 heteroatoms. The normalized spacial score (nSPS) is 18.3. The maximum Gasteiger partial charge on any atom is 0.262 e. The molecule has 25 heavy (non-hydrogen) atoms. The number of amides is 1. The maximum absolute atomic E-state index is 12.8. The molecule has 0 radical (unpaired) electrons. The van der Waals surface area contributed by atoms with Crippen molar-refractivity contribution in [3.8, 4) is 5.75 Å². The molecule has 1 aromatic carbocycles. The Balaban J connectivity index is 1.39. The van der Waals surface area contributed by atoms with Gasteiger partial charge in [-0.3, -0.25) is 14.5 Å². The van der Waals surface area contributed by atoms with E-state index in [1.165, 1.54) is 5.69 Å². The zero-order valence-corrected chi connectivity index (χ0v) is 14.0. The van der Waals surface area contributed by atoms with Gasteiger partial charge >= 0.3 is 0 Å². The van der Waals surface area contributed by atoms with Crippen molar-refractivity contribution in [1.29, 1.82) is 0 Å². The molecule has 1 aromatic heterocycles. The molecule has 2 aromatic rings. The van der Waals surface area contributed by atoms with Gasteiger partial charge in [-0.25, -0.2) is 0 Å². The number of hydrogen-bond donors (Lipinski definition) is 2. The number of H-pyrrole nitrogens is 1. The summed E-state index contributed by atoms with van der Waals surface area (Å²) in [5.41, 5.74) is 2.44. The van der Waals surface area contributed by atoms with E-state index in [1.54, 1.807) is 18.2 Å². The quantitative estimate of drug-likeness (QED) is 0.839. The van der Waals surface area contributed by atoms with Crippen molar-refractivity contribution < 1.29 is 14.3 Å². The minimum Gasteiger partial charge on any atom is -0.482 e. The molecule has 0 saturated carbocycles. The van der Waals surface area contributed by atoms with E-state index in [4.69, 9.17) is 4.74 Å². The predicted molar refractivity (Wildman–Crippen MR) is 93.7 cm³/mol. The van der Waals surface area contributed by atoms with Gasteiger partial charge in [0.2, 0.25) is 0 Å². The number of nitrogens with zero attached hydrogens (tertiary/aromatic N) is 1. The van der Waals surface area contributed by atoms with Gasteiger partial charge in [-0.05, 0) is 56.3 Å². The van der Waals surface area contributed by atoms with Crippen LogP contribution in [0.1, 0.15) is 28.9 Å². The molecule has 4 rings (SSSR count). The Morgan fingerprint density at radius 1 is 1.24 bits per heavy atom. The Kier molecular flexibility index (Phi) is 4.28. The van der Waals surface area contributed by atoms with Crippen LogP contribution in [0.15, 0.2) is 36.5 Å². The first-order valence-corrected chi connectivity index (χ1v) is 8.64. The van der Waals surface area contributed by atoms with Crippen molar-refractivity contribution in [3.05, 3.63) is 47.8 Å². The number of aromatic amines is 1. The molecule has 2 N–H and O–H groups in total. The molecular weight excluding hydrogens is 318 g/mol. The number of carbonyl (C=O) groups excluding carboxylic acids is 2. The zero-order valence-electron chi connectivity index (χ0n) is 14.0. The summed E-state index contributed by atoms with van der Waals surface area (Å²) in [4.78, 5) is 29.9. The maximum atomic E-state index is 12.8. The fourth-order valence-corrected chi connectivity index (χ4v) is 3.53. The van der Waals surface area contributed by atoms with Crippen LogP contribution in [0, 0.1) is 5.92 Å². The largest absolute Gasteiger partial charge is 0.482 e. The van der Waals surface area contributed by atoms with Crippen molar-refractivity contribution in [2.24, 2.45) is 5.92 Å². The molecule has 6 nitrogen and oxygen atoms in total. The molecular formula is C19H21N3O3. The molecule has 0 unspecified atom stereocenters. The Labute approximate surface area is 146 Å². The third-order valence-electron chi connectivity index (χ3n) is 4.91. The van der Waals surface area contributed by atoms with E-state index >= 15 is 0 Å². The summed E-state index contributed by atoms with van der Waals surface area (Å²) in [6.07, 6.45) is 3.66. The molecule has 0 bridgehead atoms. The monoisotopic (exact) mass is 339 g/mol. The Morgan fingerprint density at radius 2 is 2.08 bits per heavy atom. The van der Waals surface area contributed by atoms with Gasteiger partial charge in [-0.15, -0.1) is 0 Å². The molecule has 3 heterocycles. The van der Waals surface area contributed by atoms with Crippen LogP contribution in [0.25, 0.3) is 0 Å². The number of anilines is 1. The highest BCUT2D eigenvalue weighted by atomic mass is 16.5. The highest BCUT2D eigenvalue weighted by molar-refractivity contribution is 6.01. The highest BCUT2D eigenvalue weighted by Gasteiger charge is 2.27. The number of piperidine rings is 1. The lowest BCUT2D eigenvalue weighted by Gasteiger charge is -2.31. The average molecular weight is 339 g/mol. The molecule has 130 valence electrons.